The monoisotopic (exact) mass is 378 g/mol. The fourth-order valence-corrected chi connectivity index (χ4v) is 3.56. The molecule has 1 atom stereocenters. The van der Waals surface area contributed by atoms with Gasteiger partial charge in [0.05, 0.1) is 5.52 Å². The third-order valence-corrected chi connectivity index (χ3v) is 5.10. The number of aromatic nitrogens is 3. The van der Waals surface area contributed by atoms with Crippen molar-refractivity contribution in [2.45, 2.75) is 19.8 Å². The van der Waals surface area contributed by atoms with Gasteiger partial charge in [0, 0.05) is 44.0 Å². The number of pyridine rings is 1. The molecule has 1 amide bonds. The van der Waals surface area contributed by atoms with E-state index >= 15 is 0 Å². The molecule has 1 aliphatic heterocycles. The van der Waals surface area contributed by atoms with E-state index in [9.17, 15) is 9.59 Å². The Morgan fingerprint density at radius 1 is 1.29 bits per heavy atom. The zero-order chi connectivity index (χ0) is 19.7. The fraction of sp³-hybridized carbons (Fsp3) is 0.333. The van der Waals surface area contributed by atoms with Gasteiger partial charge in [-0.05, 0) is 49.1 Å². The molecule has 3 aromatic rings. The Morgan fingerprint density at radius 3 is 2.89 bits per heavy atom. The first-order valence-corrected chi connectivity index (χ1v) is 9.33. The second kappa shape index (κ2) is 7.52. The molecular formula is C21H22N4O3. The zero-order valence-electron chi connectivity index (χ0n) is 15.9. The Morgan fingerprint density at radius 2 is 2.14 bits per heavy atom. The molecule has 0 saturated carbocycles. The molecule has 0 radical (unpaired) electrons. The number of nitrogens with one attached hydrogen (secondary N) is 1. The molecule has 7 heteroatoms. The highest BCUT2D eigenvalue weighted by atomic mass is 16.5. The van der Waals surface area contributed by atoms with Crippen molar-refractivity contribution in [3.05, 3.63) is 53.5 Å². The van der Waals surface area contributed by atoms with Crippen molar-refractivity contribution in [3.63, 3.8) is 0 Å². The highest BCUT2D eigenvalue weighted by Gasteiger charge is 2.23. The Hall–Kier alpha value is -3.06. The Labute approximate surface area is 162 Å². The van der Waals surface area contributed by atoms with E-state index in [4.69, 9.17) is 4.74 Å². The number of hydrogen-bond acceptors (Lipinski definition) is 5. The van der Waals surface area contributed by atoms with Gasteiger partial charge < -0.3 is 10.1 Å². The number of nitrogens with zero attached hydrogens (tertiary/aromatic N) is 3. The van der Waals surface area contributed by atoms with Crippen LogP contribution in [0.5, 0.6) is 0 Å². The van der Waals surface area contributed by atoms with Crippen LogP contribution in [0.25, 0.3) is 10.9 Å². The summed E-state index contributed by atoms with van der Waals surface area (Å²) < 4.78 is 7.04. The van der Waals surface area contributed by atoms with Crippen molar-refractivity contribution in [2.75, 3.05) is 18.5 Å². The summed E-state index contributed by atoms with van der Waals surface area (Å²) in [5.41, 5.74) is 3.10. The molecule has 3 heterocycles. The molecule has 0 spiro atoms. The molecule has 1 N–H and O–H groups in total. The van der Waals surface area contributed by atoms with Gasteiger partial charge in [-0.1, -0.05) is 6.07 Å². The van der Waals surface area contributed by atoms with Crippen LogP contribution in [0, 0.1) is 12.8 Å². The minimum Gasteiger partial charge on any atom is -0.381 e. The molecule has 0 bridgehead atoms. The van der Waals surface area contributed by atoms with Crippen LogP contribution in [0.15, 0.2) is 36.5 Å². The van der Waals surface area contributed by atoms with Gasteiger partial charge in [-0.3, -0.25) is 19.3 Å². The summed E-state index contributed by atoms with van der Waals surface area (Å²) in [4.78, 5) is 29.4. The molecule has 1 unspecified atom stereocenters. The van der Waals surface area contributed by atoms with Crippen molar-refractivity contribution in [2.24, 2.45) is 13.0 Å². The number of amides is 1. The summed E-state index contributed by atoms with van der Waals surface area (Å²) in [6.07, 6.45) is 2.96. The standard InChI is InChI=1S/C21H22N4O3/c1-13-4-3-8-22-19(13)21(27)23-15-5-6-16-17(11-15)25(2)24-20(16)18(26)10-14-7-9-28-12-14/h3-6,8,11,14H,7,9-10,12H2,1-2H3,(H,23,27). The number of rotatable bonds is 5. The zero-order valence-corrected chi connectivity index (χ0v) is 15.9. The van der Waals surface area contributed by atoms with E-state index in [1.807, 2.05) is 25.1 Å². The average Bonchev–Trinajstić information content (AvgIpc) is 3.30. The van der Waals surface area contributed by atoms with E-state index in [1.54, 1.807) is 30.1 Å². The summed E-state index contributed by atoms with van der Waals surface area (Å²) in [7, 11) is 1.80. The topological polar surface area (TPSA) is 86.1 Å². The number of benzene rings is 1. The normalized spacial score (nSPS) is 16.4. The number of fused-ring (bicyclic) bond motifs is 1. The third kappa shape index (κ3) is 3.53. The number of Topliss-reactive ketones (excluding diaryl/α,β-unsaturated/α-hetero) is 1. The summed E-state index contributed by atoms with van der Waals surface area (Å²) in [6, 6.07) is 9.09. The van der Waals surface area contributed by atoms with Crippen LogP contribution in [0.4, 0.5) is 5.69 Å². The number of hydrogen-bond donors (Lipinski definition) is 1. The number of anilines is 1. The largest absolute Gasteiger partial charge is 0.381 e. The average molecular weight is 378 g/mol. The molecule has 0 aliphatic carbocycles. The van der Waals surface area contributed by atoms with Gasteiger partial charge >= 0.3 is 0 Å². The van der Waals surface area contributed by atoms with Crippen molar-refractivity contribution >= 4 is 28.3 Å². The van der Waals surface area contributed by atoms with Gasteiger partial charge in [-0.15, -0.1) is 0 Å². The number of aryl methyl sites for hydroxylation is 2. The highest BCUT2D eigenvalue weighted by molar-refractivity contribution is 6.08. The number of ketones is 1. The number of carbonyl (C=O) groups is 2. The van der Waals surface area contributed by atoms with E-state index in [-0.39, 0.29) is 17.6 Å². The second-order valence-corrected chi connectivity index (χ2v) is 7.18. The van der Waals surface area contributed by atoms with Crippen LogP contribution in [0.1, 0.15) is 39.4 Å². The fourth-order valence-electron chi connectivity index (χ4n) is 3.56. The molecule has 4 rings (SSSR count). The quantitative estimate of drug-likeness (QED) is 0.690. The molecule has 144 valence electrons. The SMILES string of the molecule is Cc1cccnc1C(=O)Nc1ccc2c(C(=O)CC3CCOC3)nn(C)c2c1. The van der Waals surface area contributed by atoms with Gasteiger partial charge in [0.2, 0.25) is 0 Å². The second-order valence-electron chi connectivity index (χ2n) is 7.18. The van der Waals surface area contributed by atoms with Crippen molar-refractivity contribution in [1.82, 2.24) is 14.8 Å². The maximum atomic E-state index is 12.7. The van der Waals surface area contributed by atoms with E-state index in [0.717, 1.165) is 29.5 Å². The van der Waals surface area contributed by atoms with E-state index in [1.165, 1.54) is 0 Å². The van der Waals surface area contributed by atoms with Crippen LogP contribution in [0.2, 0.25) is 0 Å². The molecule has 2 aromatic heterocycles. The summed E-state index contributed by atoms with van der Waals surface area (Å²) >= 11 is 0. The van der Waals surface area contributed by atoms with Crippen LogP contribution in [0.3, 0.4) is 0 Å². The Bertz CT molecular complexity index is 1050. The van der Waals surface area contributed by atoms with Crippen LogP contribution < -0.4 is 5.32 Å². The summed E-state index contributed by atoms with van der Waals surface area (Å²) in [5.74, 6) is 0.0314. The lowest BCUT2D eigenvalue weighted by atomic mass is 9.99. The lowest BCUT2D eigenvalue weighted by molar-refractivity contribution is 0.0948. The Kier molecular flexibility index (Phi) is 4.92. The van der Waals surface area contributed by atoms with Gasteiger partial charge in [0.1, 0.15) is 11.4 Å². The van der Waals surface area contributed by atoms with E-state index < -0.39 is 0 Å². The van der Waals surface area contributed by atoms with Gasteiger partial charge in [-0.2, -0.15) is 5.10 Å². The predicted molar refractivity (Wildman–Crippen MR) is 106 cm³/mol. The molecule has 28 heavy (non-hydrogen) atoms. The lowest BCUT2D eigenvalue weighted by Gasteiger charge is -2.07. The van der Waals surface area contributed by atoms with E-state index in [0.29, 0.717) is 30.1 Å². The van der Waals surface area contributed by atoms with Crippen LogP contribution in [-0.2, 0) is 11.8 Å². The van der Waals surface area contributed by atoms with Crippen LogP contribution in [-0.4, -0.2) is 39.7 Å². The maximum Gasteiger partial charge on any atom is 0.274 e. The molecule has 1 aliphatic rings. The molecule has 1 fully saturated rings. The smallest absolute Gasteiger partial charge is 0.274 e. The Balaban J connectivity index is 1.58. The van der Waals surface area contributed by atoms with Gasteiger partial charge in [0.15, 0.2) is 5.78 Å². The summed E-state index contributed by atoms with van der Waals surface area (Å²) in [5, 5.41) is 8.09. The molecule has 1 aromatic carbocycles. The maximum absolute atomic E-state index is 12.7. The molecule has 1 saturated heterocycles. The third-order valence-electron chi connectivity index (χ3n) is 5.10. The first-order chi connectivity index (χ1) is 13.5. The predicted octanol–water partition coefficient (Wildman–Crippen LogP) is 3.14. The molecular weight excluding hydrogens is 356 g/mol. The van der Waals surface area contributed by atoms with Gasteiger partial charge in [-0.25, -0.2) is 0 Å². The molecule has 7 nitrogen and oxygen atoms in total. The first-order valence-electron chi connectivity index (χ1n) is 9.33. The highest BCUT2D eigenvalue weighted by Crippen LogP contribution is 2.26. The lowest BCUT2D eigenvalue weighted by Crippen LogP contribution is -2.15. The van der Waals surface area contributed by atoms with Crippen molar-refractivity contribution < 1.29 is 14.3 Å². The minimum atomic E-state index is -0.267. The van der Waals surface area contributed by atoms with Gasteiger partial charge in [0.25, 0.3) is 5.91 Å². The van der Waals surface area contributed by atoms with E-state index in [2.05, 4.69) is 15.4 Å². The number of carbonyl (C=O) groups excluding carboxylic acids is 2. The van der Waals surface area contributed by atoms with Crippen molar-refractivity contribution in [3.8, 4) is 0 Å². The first kappa shape index (κ1) is 18.3. The minimum absolute atomic E-state index is 0.0296. The van der Waals surface area contributed by atoms with Crippen molar-refractivity contribution in [1.29, 1.82) is 0 Å². The van der Waals surface area contributed by atoms with Crippen LogP contribution >= 0.6 is 0 Å². The summed E-state index contributed by atoms with van der Waals surface area (Å²) in [6.45, 7) is 3.21. The number of ether oxygens (including phenoxy) is 1.